The SMILES string of the molecule is CCC1(C)CC2C3CCC(C3)C21. The van der Waals surface area contributed by atoms with Crippen LogP contribution in [0.1, 0.15) is 46.0 Å². The van der Waals surface area contributed by atoms with Gasteiger partial charge >= 0.3 is 0 Å². The van der Waals surface area contributed by atoms with Gasteiger partial charge in [0.05, 0.1) is 0 Å². The average Bonchev–Trinajstić information content (AvgIpc) is 2.58. The van der Waals surface area contributed by atoms with E-state index in [1.54, 1.807) is 25.7 Å². The molecule has 0 radical (unpaired) electrons. The van der Waals surface area contributed by atoms with Crippen molar-refractivity contribution in [2.24, 2.45) is 29.1 Å². The average molecular weight is 164 g/mol. The van der Waals surface area contributed by atoms with Gasteiger partial charge in [-0.15, -0.1) is 0 Å². The molecular formula is C12H20. The molecule has 0 saturated heterocycles. The molecule has 68 valence electrons. The van der Waals surface area contributed by atoms with Crippen molar-refractivity contribution >= 4 is 0 Å². The Morgan fingerprint density at radius 2 is 2.00 bits per heavy atom. The van der Waals surface area contributed by atoms with Gasteiger partial charge in [-0.3, -0.25) is 0 Å². The highest BCUT2D eigenvalue weighted by Crippen LogP contribution is 2.69. The molecule has 5 unspecified atom stereocenters. The summed E-state index contributed by atoms with van der Waals surface area (Å²) in [6, 6.07) is 0. The molecule has 2 bridgehead atoms. The van der Waals surface area contributed by atoms with E-state index in [1.165, 1.54) is 18.3 Å². The second kappa shape index (κ2) is 2.08. The maximum atomic E-state index is 2.54. The Kier molecular flexibility index (Phi) is 1.28. The van der Waals surface area contributed by atoms with Gasteiger partial charge in [0.15, 0.2) is 0 Å². The zero-order chi connectivity index (χ0) is 8.34. The van der Waals surface area contributed by atoms with Gasteiger partial charge in [-0.2, -0.15) is 0 Å². The molecule has 5 atom stereocenters. The van der Waals surface area contributed by atoms with Crippen LogP contribution in [0.5, 0.6) is 0 Å². The third-order valence-electron chi connectivity index (χ3n) is 5.40. The quantitative estimate of drug-likeness (QED) is 0.556. The van der Waals surface area contributed by atoms with E-state index in [1.807, 2.05) is 0 Å². The van der Waals surface area contributed by atoms with Gasteiger partial charge in [0, 0.05) is 0 Å². The number of hydrogen-bond acceptors (Lipinski definition) is 0. The number of fused-ring (bicyclic) bond motifs is 5. The molecule has 0 heteroatoms. The lowest BCUT2D eigenvalue weighted by Gasteiger charge is -2.56. The molecule has 12 heavy (non-hydrogen) atoms. The molecule has 3 aliphatic carbocycles. The third kappa shape index (κ3) is 0.661. The second-order valence-electron chi connectivity index (χ2n) is 5.73. The molecule has 0 heterocycles. The molecule has 0 spiro atoms. The molecule has 0 N–H and O–H groups in total. The van der Waals surface area contributed by atoms with Gasteiger partial charge < -0.3 is 0 Å². The molecule has 3 rings (SSSR count). The highest BCUT2D eigenvalue weighted by atomic mass is 14.7. The Bertz CT molecular complexity index is 206. The van der Waals surface area contributed by atoms with Crippen molar-refractivity contribution in [2.75, 3.05) is 0 Å². The first-order chi connectivity index (χ1) is 5.74. The summed E-state index contributed by atoms with van der Waals surface area (Å²) in [5, 5.41) is 0. The standard InChI is InChI=1S/C12H20/c1-3-12(2)7-10-8-4-5-9(6-8)11(10)12/h8-11H,3-7H2,1-2H3. The minimum absolute atomic E-state index is 0.768. The van der Waals surface area contributed by atoms with Crippen LogP contribution < -0.4 is 0 Å². The predicted molar refractivity (Wildman–Crippen MR) is 50.8 cm³/mol. The Morgan fingerprint density at radius 1 is 1.25 bits per heavy atom. The first-order valence-electron chi connectivity index (χ1n) is 5.74. The van der Waals surface area contributed by atoms with Gasteiger partial charge in [0.1, 0.15) is 0 Å². The van der Waals surface area contributed by atoms with Crippen molar-refractivity contribution in [3.8, 4) is 0 Å². The summed E-state index contributed by atoms with van der Waals surface area (Å²) >= 11 is 0. The molecule has 3 saturated carbocycles. The van der Waals surface area contributed by atoms with Crippen LogP contribution in [0.2, 0.25) is 0 Å². The van der Waals surface area contributed by atoms with E-state index >= 15 is 0 Å². The van der Waals surface area contributed by atoms with Gasteiger partial charge in [0.25, 0.3) is 0 Å². The summed E-state index contributed by atoms with van der Waals surface area (Å²) in [6.45, 7) is 4.93. The fraction of sp³-hybridized carbons (Fsp3) is 1.00. The van der Waals surface area contributed by atoms with E-state index in [9.17, 15) is 0 Å². The van der Waals surface area contributed by atoms with Crippen LogP contribution in [0.25, 0.3) is 0 Å². The monoisotopic (exact) mass is 164 g/mol. The van der Waals surface area contributed by atoms with Crippen LogP contribution in [0, 0.1) is 29.1 Å². The highest BCUT2D eigenvalue weighted by Gasteiger charge is 2.61. The van der Waals surface area contributed by atoms with Crippen molar-refractivity contribution in [1.29, 1.82) is 0 Å². The van der Waals surface area contributed by atoms with Crippen LogP contribution in [0.3, 0.4) is 0 Å². The maximum Gasteiger partial charge on any atom is -0.0292 e. The first kappa shape index (κ1) is 7.41. The predicted octanol–water partition coefficient (Wildman–Crippen LogP) is 3.47. The smallest absolute Gasteiger partial charge is 0.0292 e. The van der Waals surface area contributed by atoms with Gasteiger partial charge in [-0.05, 0) is 54.8 Å². The topological polar surface area (TPSA) is 0 Å². The first-order valence-corrected chi connectivity index (χ1v) is 5.74. The Hall–Kier alpha value is 0. The van der Waals surface area contributed by atoms with Crippen molar-refractivity contribution in [3.05, 3.63) is 0 Å². The maximum absolute atomic E-state index is 2.54. The van der Waals surface area contributed by atoms with E-state index in [0.717, 1.165) is 17.3 Å². The van der Waals surface area contributed by atoms with Crippen LogP contribution >= 0.6 is 0 Å². The molecule has 0 aromatic rings. The molecule has 0 aromatic heterocycles. The van der Waals surface area contributed by atoms with Gasteiger partial charge in [-0.25, -0.2) is 0 Å². The molecule has 0 nitrogen and oxygen atoms in total. The van der Waals surface area contributed by atoms with E-state index in [4.69, 9.17) is 0 Å². The Labute approximate surface area is 75.7 Å². The molecule has 3 aliphatic rings. The van der Waals surface area contributed by atoms with Crippen molar-refractivity contribution in [3.63, 3.8) is 0 Å². The summed E-state index contributed by atoms with van der Waals surface area (Å²) in [7, 11) is 0. The van der Waals surface area contributed by atoms with Crippen molar-refractivity contribution < 1.29 is 0 Å². The van der Waals surface area contributed by atoms with Gasteiger partial charge in [0.2, 0.25) is 0 Å². The highest BCUT2D eigenvalue weighted by molar-refractivity contribution is 5.10. The fourth-order valence-corrected chi connectivity index (χ4v) is 4.68. The summed E-state index contributed by atoms with van der Waals surface area (Å²) < 4.78 is 0. The molecule has 3 fully saturated rings. The Balaban J connectivity index is 1.86. The third-order valence-corrected chi connectivity index (χ3v) is 5.40. The Morgan fingerprint density at radius 3 is 2.67 bits per heavy atom. The lowest BCUT2D eigenvalue weighted by Crippen LogP contribution is -2.48. The van der Waals surface area contributed by atoms with Crippen LogP contribution in [-0.2, 0) is 0 Å². The van der Waals surface area contributed by atoms with Crippen molar-refractivity contribution in [1.82, 2.24) is 0 Å². The van der Waals surface area contributed by atoms with Crippen LogP contribution in [0.15, 0.2) is 0 Å². The molecular weight excluding hydrogens is 144 g/mol. The lowest BCUT2D eigenvalue weighted by molar-refractivity contribution is -0.0666. The summed E-state index contributed by atoms with van der Waals surface area (Å²) in [5.41, 5.74) is 0.768. The van der Waals surface area contributed by atoms with Gasteiger partial charge in [-0.1, -0.05) is 20.3 Å². The van der Waals surface area contributed by atoms with E-state index in [0.29, 0.717) is 0 Å². The zero-order valence-corrected chi connectivity index (χ0v) is 8.34. The molecule has 0 aromatic carbocycles. The number of hydrogen-bond donors (Lipinski definition) is 0. The summed E-state index contributed by atoms with van der Waals surface area (Å²) in [5.74, 6) is 4.65. The lowest BCUT2D eigenvalue weighted by atomic mass is 9.49. The summed E-state index contributed by atoms with van der Waals surface area (Å²) in [4.78, 5) is 0. The molecule has 0 aliphatic heterocycles. The van der Waals surface area contributed by atoms with Crippen LogP contribution in [-0.4, -0.2) is 0 Å². The molecule has 0 amide bonds. The van der Waals surface area contributed by atoms with Crippen molar-refractivity contribution in [2.45, 2.75) is 46.0 Å². The fourth-order valence-electron chi connectivity index (χ4n) is 4.68. The normalized spacial score (nSPS) is 61.5. The van der Waals surface area contributed by atoms with Crippen LogP contribution in [0.4, 0.5) is 0 Å². The minimum atomic E-state index is 0.768. The second-order valence-corrected chi connectivity index (χ2v) is 5.73. The minimum Gasteiger partial charge on any atom is -0.0649 e. The number of rotatable bonds is 1. The van der Waals surface area contributed by atoms with E-state index < -0.39 is 0 Å². The summed E-state index contributed by atoms with van der Waals surface area (Å²) in [6.07, 6.45) is 7.74. The van der Waals surface area contributed by atoms with E-state index in [-0.39, 0.29) is 0 Å². The zero-order valence-electron chi connectivity index (χ0n) is 8.34. The van der Waals surface area contributed by atoms with E-state index in [2.05, 4.69) is 13.8 Å². The largest absolute Gasteiger partial charge is 0.0649 e.